The maximum absolute atomic E-state index is 11.9. The van der Waals surface area contributed by atoms with Gasteiger partial charge in [0.25, 0.3) is 0 Å². The first-order valence-corrected chi connectivity index (χ1v) is 6.95. The average Bonchev–Trinajstić information content (AvgIpc) is 2.50. The third-order valence-corrected chi connectivity index (χ3v) is 3.22. The molecule has 5 heteroatoms. The Bertz CT molecular complexity index is 639. The number of nitrogens with one attached hydrogen (secondary N) is 1. The fourth-order valence-electron chi connectivity index (χ4n) is 2.05. The number of aliphatic carboxylic acids is 1. The smallest absolute Gasteiger partial charge is 0.320 e. The quantitative estimate of drug-likeness (QED) is 0.758. The van der Waals surface area contributed by atoms with Crippen molar-refractivity contribution in [3.05, 3.63) is 65.7 Å². The second kappa shape index (κ2) is 7.38. The molecule has 0 fully saturated rings. The highest BCUT2D eigenvalue weighted by Crippen LogP contribution is 2.12. The molecule has 114 valence electrons. The second-order valence-corrected chi connectivity index (χ2v) is 5.06. The summed E-state index contributed by atoms with van der Waals surface area (Å²) in [5.41, 5.74) is 7.92. The maximum Gasteiger partial charge on any atom is 0.320 e. The number of benzene rings is 2. The zero-order chi connectivity index (χ0) is 15.9. The third kappa shape index (κ3) is 4.71. The number of anilines is 1. The van der Waals surface area contributed by atoms with Gasteiger partial charge >= 0.3 is 5.97 Å². The Balaban J connectivity index is 1.91. The fraction of sp³-hybridized carbons (Fsp3) is 0.176. The molecule has 5 nitrogen and oxygen atoms in total. The molecule has 0 aliphatic rings. The highest BCUT2D eigenvalue weighted by molar-refractivity contribution is 5.92. The normalized spacial score (nSPS) is 11.7. The van der Waals surface area contributed by atoms with Gasteiger partial charge in [0, 0.05) is 5.69 Å². The van der Waals surface area contributed by atoms with Gasteiger partial charge in [-0.05, 0) is 29.7 Å². The lowest BCUT2D eigenvalue weighted by atomic mass is 10.1. The number of carboxylic acid groups (broad SMARTS) is 1. The van der Waals surface area contributed by atoms with Gasteiger partial charge in [0.2, 0.25) is 5.91 Å². The molecule has 0 radical (unpaired) electrons. The van der Waals surface area contributed by atoms with Crippen LogP contribution in [0.15, 0.2) is 54.6 Å². The lowest BCUT2D eigenvalue weighted by molar-refractivity contribution is -0.138. The monoisotopic (exact) mass is 298 g/mol. The van der Waals surface area contributed by atoms with Gasteiger partial charge in [-0.3, -0.25) is 9.59 Å². The summed E-state index contributed by atoms with van der Waals surface area (Å²) >= 11 is 0. The van der Waals surface area contributed by atoms with Gasteiger partial charge in [0.15, 0.2) is 0 Å². The van der Waals surface area contributed by atoms with Crippen LogP contribution in [0.4, 0.5) is 5.69 Å². The number of amides is 1. The number of carboxylic acids is 1. The lowest BCUT2D eigenvalue weighted by Crippen LogP contribution is -2.32. The first kappa shape index (κ1) is 15.7. The Kier molecular flexibility index (Phi) is 5.27. The van der Waals surface area contributed by atoms with Crippen LogP contribution in [-0.4, -0.2) is 23.0 Å². The summed E-state index contributed by atoms with van der Waals surface area (Å²) in [5, 5.41) is 11.6. The molecular formula is C17H18N2O3. The van der Waals surface area contributed by atoms with Crippen molar-refractivity contribution in [3.63, 3.8) is 0 Å². The van der Waals surface area contributed by atoms with Crippen molar-refractivity contribution in [2.75, 3.05) is 5.32 Å². The van der Waals surface area contributed by atoms with Gasteiger partial charge in [0.05, 0.1) is 6.42 Å². The van der Waals surface area contributed by atoms with Crippen LogP contribution in [0.3, 0.4) is 0 Å². The van der Waals surface area contributed by atoms with Crippen LogP contribution in [0.1, 0.15) is 11.1 Å². The number of hydrogen-bond donors (Lipinski definition) is 3. The second-order valence-electron chi connectivity index (χ2n) is 5.06. The molecule has 2 rings (SSSR count). The molecule has 0 saturated carbocycles. The summed E-state index contributed by atoms with van der Waals surface area (Å²) in [5.74, 6) is -1.12. The molecule has 2 aromatic rings. The van der Waals surface area contributed by atoms with Gasteiger partial charge in [0.1, 0.15) is 6.04 Å². The SMILES string of the molecule is N[C@@H](Cc1ccc(NC(=O)Cc2ccccc2)cc1)C(=O)O. The summed E-state index contributed by atoms with van der Waals surface area (Å²) in [4.78, 5) is 22.6. The Morgan fingerprint density at radius 1 is 1.00 bits per heavy atom. The fourth-order valence-corrected chi connectivity index (χ4v) is 2.05. The van der Waals surface area contributed by atoms with Gasteiger partial charge in [-0.2, -0.15) is 0 Å². The Hall–Kier alpha value is -2.66. The van der Waals surface area contributed by atoms with Crippen LogP contribution in [0.25, 0.3) is 0 Å². The van der Waals surface area contributed by atoms with E-state index in [2.05, 4.69) is 5.32 Å². The van der Waals surface area contributed by atoms with Crippen molar-refractivity contribution in [2.45, 2.75) is 18.9 Å². The molecule has 0 unspecified atom stereocenters. The van der Waals surface area contributed by atoms with Gasteiger partial charge in [-0.25, -0.2) is 0 Å². The van der Waals surface area contributed by atoms with Crippen molar-refractivity contribution in [3.8, 4) is 0 Å². The van der Waals surface area contributed by atoms with Gasteiger partial charge in [-0.1, -0.05) is 42.5 Å². The minimum absolute atomic E-state index is 0.0961. The summed E-state index contributed by atoms with van der Waals surface area (Å²) in [6.45, 7) is 0. The van der Waals surface area contributed by atoms with Gasteiger partial charge < -0.3 is 16.2 Å². The minimum atomic E-state index is -1.03. The molecule has 2 aromatic carbocycles. The van der Waals surface area contributed by atoms with Crippen LogP contribution >= 0.6 is 0 Å². The number of nitrogens with two attached hydrogens (primary N) is 1. The number of hydrogen-bond acceptors (Lipinski definition) is 3. The Morgan fingerprint density at radius 3 is 2.23 bits per heavy atom. The molecule has 0 aliphatic carbocycles. The molecule has 0 bridgehead atoms. The number of carbonyl (C=O) groups is 2. The van der Waals surface area contributed by atoms with Crippen molar-refractivity contribution in [2.24, 2.45) is 5.73 Å². The average molecular weight is 298 g/mol. The van der Waals surface area contributed by atoms with Crippen molar-refractivity contribution < 1.29 is 14.7 Å². The number of rotatable bonds is 6. The summed E-state index contributed by atoms with van der Waals surface area (Å²) < 4.78 is 0. The van der Waals surface area contributed by atoms with Crippen molar-refractivity contribution in [1.82, 2.24) is 0 Å². The largest absolute Gasteiger partial charge is 0.480 e. The van der Waals surface area contributed by atoms with Crippen LogP contribution in [0, 0.1) is 0 Å². The lowest BCUT2D eigenvalue weighted by Gasteiger charge is -2.08. The molecule has 4 N–H and O–H groups in total. The van der Waals surface area contributed by atoms with E-state index in [0.717, 1.165) is 11.1 Å². The van der Waals surface area contributed by atoms with E-state index in [1.54, 1.807) is 24.3 Å². The summed E-state index contributed by atoms with van der Waals surface area (Å²) in [6, 6.07) is 15.6. The van der Waals surface area contributed by atoms with Crippen LogP contribution < -0.4 is 11.1 Å². The summed E-state index contributed by atoms with van der Waals surface area (Å²) in [7, 11) is 0. The predicted molar refractivity (Wildman–Crippen MR) is 84.5 cm³/mol. The third-order valence-electron chi connectivity index (χ3n) is 3.22. The zero-order valence-electron chi connectivity index (χ0n) is 12.0. The van der Waals surface area contributed by atoms with Crippen molar-refractivity contribution in [1.29, 1.82) is 0 Å². The molecule has 1 amide bonds. The molecular weight excluding hydrogens is 280 g/mol. The van der Waals surface area contributed by atoms with Crippen LogP contribution in [0.2, 0.25) is 0 Å². The first-order valence-electron chi connectivity index (χ1n) is 6.95. The Labute approximate surface area is 128 Å². The molecule has 22 heavy (non-hydrogen) atoms. The molecule has 0 spiro atoms. The standard InChI is InChI=1S/C17H18N2O3/c18-15(17(21)22)10-13-6-8-14(9-7-13)19-16(20)11-12-4-2-1-3-5-12/h1-9,15H,10-11,18H2,(H,19,20)(H,21,22)/t15-/m0/s1. The highest BCUT2D eigenvalue weighted by Gasteiger charge is 2.12. The molecule has 0 aromatic heterocycles. The van der Waals surface area contributed by atoms with E-state index in [0.29, 0.717) is 12.1 Å². The van der Waals surface area contributed by atoms with Crippen molar-refractivity contribution >= 4 is 17.6 Å². The van der Waals surface area contributed by atoms with E-state index in [-0.39, 0.29) is 12.3 Å². The molecule has 1 atom stereocenters. The van der Waals surface area contributed by atoms with Crippen LogP contribution in [-0.2, 0) is 22.4 Å². The topological polar surface area (TPSA) is 92.4 Å². The van der Waals surface area contributed by atoms with E-state index in [1.807, 2.05) is 30.3 Å². The maximum atomic E-state index is 11.9. The van der Waals surface area contributed by atoms with E-state index < -0.39 is 12.0 Å². The van der Waals surface area contributed by atoms with E-state index in [9.17, 15) is 9.59 Å². The van der Waals surface area contributed by atoms with Crippen LogP contribution in [0.5, 0.6) is 0 Å². The highest BCUT2D eigenvalue weighted by atomic mass is 16.4. The first-order chi connectivity index (χ1) is 10.5. The molecule has 0 heterocycles. The zero-order valence-corrected chi connectivity index (χ0v) is 12.0. The molecule has 0 saturated heterocycles. The minimum Gasteiger partial charge on any atom is -0.480 e. The van der Waals surface area contributed by atoms with E-state index in [1.165, 1.54) is 0 Å². The van der Waals surface area contributed by atoms with E-state index in [4.69, 9.17) is 10.8 Å². The predicted octanol–water partition coefficient (Wildman–Crippen LogP) is 1.82. The Morgan fingerprint density at radius 2 is 1.64 bits per heavy atom. The summed E-state index contributed by atoms with van der Waals surface area (Å²) in [6.07, 6.45) is 0.569. The van der Waals surface area contributed by atoms with Gasteiger partial charge in [-0.15, -0.1) is 0 Å². The number of carbonyl (C=O) groups excluding carboxylic acids is 1. The molecule has 0 aliphatic heterocycles. The van der Waals surface area contributed by atoms with E-state index >= 15 is 0 Å².